The lowest BCUT2D eigenvalue weighted by atomic mass is 9.93. The number of aromatic nitrogens is 1. The van der Waals surface area contributed by atoms with Crippen molar-refractivity contribution >= 4 is 11.8 Å². The lowest BCUT2D eigenvalue weighted by Gasteiger charge is -2.36. The number of piperidine rings is 1. The number of aryl methyl sites for hydroxylation is 1. The molecule has 2 atom stereocenters. The first-order valence-corrected chi connectivity index (χ1v) is 9.19. The van der Waals surface area contributed by atoms with E-state index in [1.807, 2.05) is 59.2 Å². The van der Waals surface area contributed by atoms with Gasteiger partial charge in [0.2, 0.25) is 5.91 Å². The minimum atomic E-state index is -0.105. The van der Waals surface area contributed by atoms with E-state index < -0.39 is 0 Å². The standard InChI is InChI=1S/C21H23N3O2/c1-15-6-5-9-19(22-15)21(26)23-13-17-10-11-18(14-23)24(20(17)25)12-16-7-3-2-4-8-16/h2-9,17-18H,10-14H2,1H3/t17-,18+/m1/s1. The number of benzene rings is 1. The molecular formula is C21H23N3O2. The molecule has 26 heavy (non-hydrogen) atoms. The summed E-state index contributed by atoms with van der Waals surface area (Å²) in [5, 5.41) is 0. The lowest BCUT2D eigenvalue weighted by molar-refractivity contribution is -0.140. The smallest absolute Gasteiger partial charge is 0.272 e. The molecular weight excluding hydrogens is 326 g/mol. The minimum absolute atomic E-state index is 0.0695. The fourth-order valence-electron chi connectivity index (χ4n) is 4.02. The van der Waals surface area contributed by atoms with Crippen LogP contribution in [0.1, 0.15) is 34.6 Å². The van der Waals surface area contributed by atoms with Crippen molar-refractivity contribution in [1.29, 1.82) is 0 Å². The number of carbonyl (C=O) groups excluding carboxylic acids is 2. The van der Waals surface area contributed by atoms with Crippen molar-refractivity contribution in [3.8, 4) is 0 Å². The monoisotopic (exact) mass is 349 g/mol. The van der Waals surface area contributed by atoms with Gasteiger partial charge in [-0.25, -0.2) is 4.98 Å². The van der Waals surface area contributed by atoms with Crippen LogP contribution in [0.15, 0.2) is 48.5 Å². The Morgan fingerprint density at radius 1 is 1.08 bits per heavy atom. The van der Waals surface area contributed by atoms with Gasteiger partial charge in [-0.2, -0.15) is 0 Å². The molecule has 5 heteroatoms. The van der Waals surface area contributed by atoms with Crippen LogP contribution in [0.3, 0.4) is 0 Å². The average molecular weight is 349 g/mol. The molecule has 3 aliphatic rings. The predicted molar refractivity (Wildman–Crippen MR) is 98.4 cm³/mol. The van der Waals surface area contributed by atoms with E-state index in [0.29, 0.717) is 25.3 Å². The van der Waals surface area contributed by atoms with Gasteiger partial charge in [0.05, 0.1) is 5.92 Å². The second kappa shape index (κ2) is 6.90. The maximum Gasteiger partial charge on any atom is 0.272 e. The SMILES string of the molecule is Cc1cccc(C(=O)N2C[C@H]3CC[C@@H](C2)N(Cc2ccccc2)C3=O)n1. The van der Waals surface area contributed by atoms with Gasteiger partial charge < -0.3 is 9.80 Å². The maximum atomic E-state index is 12.9. The van der Waals surface area contributed by atoms with Crippen molar-refractivity contribution in [3.63, 3.8) is 0 Å². The van der Waals surface area contributed by atoms with Crippen LogP contribution in [-0.4, -0.2) is 45.7 Å². The zero-order valence-corrected chi connectivity index (χ0v) is 15.0. The van der Waals surface area contributed by atoms with Gasteiger partial charge >= 0.3 is 0 Å². The molecule has 0 unspecified atom stereocenters. The quantitative estimate of drug-likeness (QED) is 0.856. The molecule has 4 heterocycles. The summed E-state index contributed by atoms with van der Waals surface area (Å²) in [4.78, 5) is 34.0. The van der Waals surface area contributed by atoms with Gasteiger partial charge in [-0.15, -0.1) is 0 Å². The number of amides is 2. The van der Waals surface area contributed by atoms with Crippen molar-refractivity contribution in [2.24, 2.45) is 5.92 Å². The Morgan fingerprint density at radius 2 is 1.88 bits per heavy atom. The highest BCUT2D eigenvalue weighted by molar-refractivity contribution is 5.93. The van der Waals surface area contributed by atoms with Crippen LogP contribution < -0.4 is 0 Å². The van der Waals surface area contributed by atoms with Crippen molar-refractivity contribution in [3.05, 3.63) is 65.5 Å². The van der Waals surface area contributed by atoms with Crippen molar-refractivity contribution in [1.82, 2.24) is 14.8 Å². The van der Waals surface area contributed by atoms with Gasteiger partial charge in [-0.1, -0.05) is 36.4 Å². The number of carbonyl (C=O) groups is 2. The number of hydrogen-bond acceptors (Lipinski definition) is 3. The fraction of sp³-hybridized carbons (Fsp3) is 0.381. The highest BCUT2D eigenvalue weighted by atomic mass is 16.2. The minimum Gasteiger partial charge on any atom is -0.334 e. The molecule has 1 aromatic carbocycles. The van der Waals surface area contributed by atoms with Gasteiger partial charge in [0, 0.05) is 31.4 Å². The summed E-state index contributed by atoms with van der Waals surface area (Å²) in [6.07, 6.45) is 1.81. The highest BCUT2D eigenvalue weighted by Gasteiger charge is 2.42. The molecule has 0 radical (unpaired) electrons. The topological polar surface area (TPSA) is 53.5 Å². The molecule has 3 fully saturated rings. The zero-order chi connectivity index (χ0) is 18.1. The molecule has 5 rings (SSSR count). The Balaban J connectivity index is 1.56. The van der Waals surface area contributed by atoms with Crippen LogP contribution in [-0.2, 0) is 11.3 Å². The third kappa shape index (κ3) is 3.21. The van der Waals surface area contributed by atoms with Crippen LogP contribution in [0.5, 0.6) is 0 Å². The summed E-state index contributed by atoms with van der Waals surface area (Å²) in [5.41, 5.74) is 2.43. The van der Waals surface area contributed by atoms with Gasteiger partial charge in [-0.05, 0) is 37.5 Å². The molecule has 3 aliphatic heterocycles. The lowest BCUT2D eigenvalue weighted by Crippen LogP contribution is -2.47. The van der Waals surface area contributed by atoms with Crippen molar-refractivity contribution in [2.75, 3.05) is 13.1 Å². The summed E-state index contributed by atoms with van der Waals surface area (Å²) in [5.74, 6) is 0.00351. The van der Waals surface area contributed by atoms with Crippen LogP contribution >= 0.6 is 0 Å². The summed E-state index contributed by atoms with van der Waals surface area (Å²) < 4.78 is 0. The molecule has 3 saturated heterocycles. The Morgan fingerprint density at radius 3 is 2.65 bits per heavy atom. The van der Waals surface area contributed by atoms with Crippen molar-refractivity contribution < 1.29 is 9.59 Å². The molecule has 134 valence electrons. The van der Waals surface area contributed by atoms with E-state index >= 15 is 0 Å². The number of nitrogens with zero attached hydrogens (tertiary/aromatic N) is 3. The number of hydrogen-bond donors (Lipinski definition) is 0. The molecule has 2 bridgehead atoms. The molecule has 2 aromatic rings. The van der Waals surface area contributed by atoms with Gasteiger partial charge in [0.25, 0.3) is 5.91 Å². The second-order valence-electron chi connectivity index (χ2n) is 7.25. The van der Waals surface area contributed by atoms with Crippen LogP contribution in [0.4, 0.5) is 0 Å². The van der Waals surface area contributed by atoms with Gasteiger partial charge in [-0.3, -0.25) is 9.59 Å². The molecule has 0 spiro atoms. The Labute approximate surface area is 153 Å². The van der Waals surface area contributed by atoms with E-state index in [9.17, 15) is 9.59 Å². The highest BCUT2D eigenvalue weighted by Crippen LogP contribution is 2.31. The Kier molecular flexibility index (Phi) is 4.45. The van der Waals surface area contributed by atoms with Gasteiger partial charge in [0.15, 0.2) is 0 Å². The second-order valence-corrected chi connectivity index (χ2v) is 7.25. The van der Waals surface area contributed by atoms with Gasteiger partial charge in [0.1, 0.15) is 5.69 Å². The Hall–Kier alpha value is -2.69. The van der Waals surface area contributed by atoms with E-state index in [1.165, 1.54) is 0 Å². The van der Waals surface area contributed by atoms with Crippen LogP contribution in [0, 0.1) is 12.8 Å². The van der Waals surface area contributed by atoms with Crippen LogP contribution in [0.25, 0.3) is 0 Å². The van der Waals surface area contributed by atoms with E-state index in [1.54, 1.807) is 6.07 Å². The zero-order valence-electron chi connectivity index (χ0n) is 15.0. The summed E-state index contributed by atoms with van der Waals surface area (Å²) in [6, 6.07) is 15.6. The number of rotatable bonds is 3. The third-order valence-corrected chi connectivity index (χ3v) is 5.38. The first-order chi connectivity index (χ1) is 12.6. The average Bonchev–Trinajstić information content (AvgIpc) is 2.95. The summed E-state index contributed by atoms with van der Waals surface area (Å²) in [6.45, 7) is 3.58. The number of fused-ring (bicyclic) bond motifs is 4. The van der Waals surface area contributed by atoms with E-state index in [-0.39, 0.29) is 23.8 Å². The Bertz CT molecular complexity index is 821. The maximum absolute atomic E-state index is 12.9. The molecule has 0 aliphatic carbocycles. The molecule has 5 nitrogen and oxygen atoms in total. The van der Waals surface area contributed by atoms with E-state index in [2.05, 4.69) is 4.98 Å². The van der Waals surface area contributed by atoms with E-state index in [4.69, 9.17) is 0 Å². The fourth-order valence-corrected chi connectivity index (χ4v) is 4.02. The molecule has 2 amide bonds. The first kappa shape index (κ1) is 16.8. The normalized spacial score (nSPS) is 22.4. The van der Waals surface area contributed by atoms with E-state index in [0.717, 1.165) is 24.1 Å². The third-order valence-electron chi connectivity index (χ3n) is 5.38. The predicted octanol–water partition coefficient (Wildman–Crippen LogP) is 2.65. The molecule has 1 aromatic heterocycles. The van der Waals surface area contributed by atoms with Crippen LogP contribution in [0.2, 0.25) is 0 Å². The summed E-state index contributed by atoms with van der Waals surface area (Å²) >= 11 is 0. The first-order valence-electron chi connectivity index (χ1n) is 9.19. The number of pyridine rings is 1. The molecule has 0 saturated carbocycles. The largest absolute Gasteiger partial charge is 0.334 e. The van der Waals surface area contributed by atoms with Crippen molar-refractivity contribution in [2.45, 2.75) is 32.4 Å². The molecule has 0 N–H and O–H groups in total. The summed E-state index contributed by atoms with van der Waals surface area (Å²) in [7, 11) is 0.